The average molecular weight is 264 g/mol. The summed E-state index contributed by atoms with van der Waals surface area (Å²) in [6.45, 7) is 2.64. The molecular weight excluding hydrogens is 248 g/mol. The fourth-order valence-electron chi connectivity index (χ4n) is 2.34. The van der Waals surface area contributed by atoms with E-state index in [9.17, 15) is 0 Å². The molecular formula is C17H16N2O. The lowest BCUT2D eigenvalue weighted by Gasteiger charge is -2.09. The molecule has 0 saturated heterocycles. The van der Waals surface area contributed by atoms with Crippen molar-refractivity contribution in [3.63, 3.8) is 0 Å². The molecule has 0 radical (unpaired) electrons. The van der Waals surface area contributed by atoms with Crippen LogP contribution in [0.25, 0.3) is 22.0 Å². The van der Waals surface area contributed by atoms with Gasteiger partial charge in [0.05, 0.1) is 12.1 Å². The highest BCUT2D eigenvalue weighted by Gasteiger charge is 2.06. The Labute approximate surface area is 118 Å². The minimum atomic E-state index is 0.660. The first-order valence-corrected chi connectivity index (χ1v) is 6.65. The van der Waals surface area contributed by atoms with Crippen molar-refractivity contribution < 1.29 is 4.74 Å². The summed E-state index contributed by atoms with van der Waals surface area (Å²) in [7, 11) is 0. The maximum Gasteiger partial charge on any atom is 0.119 e. The summed E-state index contributed by atoms with van der Waals surface area (Å²) in [4.78, 5) is 4.38. The maximum atomic E-state index is 5.90. The Kier molecular flexibility index (Phi) is 3.25. The quantitative estimate of drug-likeness (QED) is 0.730. The Hall–Kier alpha value is -2.55. The van der Waals surface area contributed by atoms with Crippen molar-refractivity contribution >= 4 is 16.6 Å². The summed E-state index contributed by atoms with van der Waals surface area (Å²) in [6, 6.07) is 15.9. The number of rotatable bonds is 3. The van der Waals surface area contributed by atoms with E-state index in [1.165, 1.54) is 0 Å². The predicted octanol–water partition coefficient (Wildman–Crippen LogP) is 3.88. The summed E-state index contributed by atoms with van der Waals surface area (Å²) in [5.74, 6) is 0.874. The molecule has 0 unspecified atom stereocenters. The van der Waals surface area contributed by atoms with Gasteiger partial charge in [-0.1, -0.05) is 12.1 Å². The summed E-state index contributed by atoms with van der Waals surface area (Å²) in [5, 5.41) is 1.06. The molecule has 0 aliphatic carbocycles. The molecule has 0 fully saturated rings. The van der Waals surface area contributed by atoms with E-state index < -0.39 is 0 Å². The molecule has 0 bridgehead atoms. The van der Waals surface area contributed by atoms with Gasteiger partial charge >= 0.3 is 0 Å². The van der Waals surface area contributed by atoms with E-state index in [1.807, 2.05) is 55.6 Å². The van der Waals surface area contributed by atoms with Gasteiger partial charge in [0.1, 0.15) is 5.75 Å². The molecule has 2 aromatic carbocycles. The second-order valence-corrected chi connectivity index (χ2v) is 4.60. The van der Waals surface area contributed by atoms with Crippen LogP contribution in [0.2, 0.25) is 0 Å². The zero-order valence-electron chi connectivity index (χ0n) is 11.3. The van der Waals surface area contributed by atoms with Crippen LogP contribution in [0.4, 0.5) is 5.69 Å². The largest absolute Gasteiger partial charge is 0.494 e. The van der Waals surface area contributed by atoms with Gasteiger partial charge in [-0.2, -0.15) is 0 Å². The van der Waals surface area contributed by atoms with Crippen LogP contribution in [-0.2, 0) is 0 Å². The van der Waals surface area contributed by atoms with Gasteiger partial charge in [0.15, 0.2) is 0 Å². The van der Waals surface area contributed by atoms with E-state index in [0.29, 0.717) is 6.61 Å². The molecule has 1 aromatic heterocycles. The molecule has 0 amide bonds. The van der Waals surface area contributed by atoms with Crippen LogP contribution in [0.15, 0.2) is 54.7 Å². The highest BCUT2D eigenvalue weighted by molar-refractivity contribution is 5.96. The van der Waals surface area contributed by atoms with E-state index in [0.717, 1.165) is 33.5 Å². The molecule has 2 N–H and O–H groups in total. The number of hydrogen-bond donors (Lipinski definition) is 1. The van der Waals surface area contributed by atoms with Gasteiger partial charge in [-0.15, -0.1) is 0 Å². The van der Waals surface area contributed by atoms with E-state index in [2.05, 4.69) is 11.1 Å². The highest BCUT2D eigenvalue weighted by atomic mass is 16.5. The molecule has 20 heavy (non-hydrogen) atoms. The minimum Gasteiger partial charge on any atom is -0.494 e. The normalized spacial score (nSPS) is 10.7. The zero-order valence-corrected chi connectivity index (χ0v) is 11.3. The lowest BCUT2D eigenvalue weighted by atomic mass is 10.0. The number of pyridine rings is 1. The van der Waals surface area contributed by atoms with Gasteiger partial charge in [0.25, 0.3) is 0 Å². The van der Waals surface area contributed by atoms with Crippen LogP contribution in [0.1, 0.15) is 6.92 Å². The van der Waals surface area contributed by atoms with E-state index in [-0.39, 0.29) is 0 Å². The molecule has 3 aromatic rings. The third-order valence-electron chi connectivity index (χ3n) is 3.22. The fraction of sp³-hybridized carbons (Fsp3) is 0.118. The Bertz CT molecular complexity index is 753. The first-order chi connectivity index (χ1) is 9.78. The lowest BCUT2D eigenvalue weighted by molar-refractivity contribution is 0.340. The number of nitrogens with two attached hydrogens (primary N) is 1. The van der Waals surface area contributed by atoms with Crippen LogP contribution in [-0.4, -0.2) is 11.6 Å². The molecule has 0 atom stereocenters. The van der Waals surface area contributed by atoms with Gasteiger partial charge < -0.3 is 10.5 Å². The number of anilines is 1. The van der Waals surface area contributed by atoms with Crippen LogP contribution < -0.4 is 10.5 Å². The number of aromatic nitrogens is 1. The standard InChI is InChI=1S/C17H16N2O/c1-2-20-14-5-3-4-12(10-14)15-8-9-19-17-7-6-13(18)11-16(15)17/h3-11H,2,18H2,1H3. The summed E-state index contributed by atoms with van der Waals surface area (Å²) in [5.41, 5.74) is 9.80. The molecule has 3 rings (SSSR count). The van der Waals surface area contributed by atoms with Crippen molar-refractivity contribution in [3.05, 3.63) is 54.7 Å². The van der Waals surface area contributed by atoms with Crippen molar-refractivity contribution in [2.24, 2.45) is 0 Å². The highest BCUT2D eigenvalue weighted by Crippen LogP contribution is 2.30. The Morgan fingerprint density at radius 3 is 2.85 bits per heavy atom. The third kappa shape index (κ3) is 2.30. The van der Waals surface area contributed by atoms with E-state index >= 15 is 0 Å². The SMILES string of the molecule is CCOc1cccc(-c2ccnc3ccc(N)cc23)c1. The molecule has 3 heteroatoms. The molecule has 3 nitrogen and oxygen atoms in total. The van der Waals surface area contributed by atoms with Gasteiger partial charge in [-0.25, -0.2) is 0 Å². The second kappa shape index (κ2) is 5.21. The molecule has 100 valence electrons. The number of ether oxygens (including phenoxy) is 1. The smallest absolute Gasteiger partial charge is 0.119 e. The van der Waals surface area contributed by atoms with Crippen molar-refractivity contribution in [3.8, 4) is 16.9 Å². The first kappa shape index (κ1) is 12.5. The van der Waals surface area contributed by atoms with Gasteiger partial charge in [0, 0.05) is 17.3 Å². The first-order valence-electron chi connectivity index (χ1n) is 6.65. The predicted molar refractivity (Wildman–Crippen MR) is 82.8 cm³/mol. The van der Waals surface area contributed by atoms with Crippen LogP contribution in [0, 0.1) is 0 Å². The summed E-state index contributed by atoms with van der Waals surface area (Å²) < 4.78 is 5.56. The maximum absolute atomic E-state index is 5.90. The average Bonchev–Trinajstić information content (AvgIpc) is 2.47. The topological polar surface area (TPSA) is 48.1 Å². The van der Waals surface area contributed by atoms with Crippen molar-refractivity contribution in [2.45, 2.75) is 6.92 Å². The third-order valence-corrected chi connectivity index (χ3v) is 3.22. The van der Waals surface area contributed by atoms with Crippen molar-refractivity contribution in [1.29, 1.82) is 0 Å². The van der Waals surface area contributed by atoms with Crippen molar-refractivity contribution in [2.75, 3.05) is 12.3 Å². The van der Waals surface area contributed by atoms with Crippen LogP contribution in [0.5, 0.6) is 5.75 Å². The van der Waals surface area contributed by atoms with Crippen LogP contribution in [0.3, 0.4) is 0 Å². The zero-order chi connectivity index (χ0) is 13.9. The second-order valence-electron chi connectivity index (χ2n) is 4.60. The Morgan fingerprint density at radius 1 is 1.10 bits per heavy atom. The molecule has 0 aliphatic heterocycles. The van der Waals surface area contributed by atoms with Gasteiger partial charge in [-0.05, 0) is 54.4 Å². The molecule has 0 aliphatic rings. The number of nitrogens with zero attached hydrogens (tertiary/aromatic N) is 1. The Morgan fingerprint density at radius 2 is 2.00 bits per heavy atom. The number of fused-ring (bicyclic) bond motifs is 1. The lowest BCUT2D eigenvalue weighted by Crippen LogP contribution is -1.92. The number of benzene rings is 2. The summed E-state index contributed by atoms with van der Waals surface area (Å²) >= 11 is 0. The van der Waals surface area contributed by atoms with Crippen molar-refractivity contribution in [1.82, 2.24) is 4.98 Å². The number of nitrogen functional groups attached to an aromatic ring is 1. The molecule has 1 heterocycles. The summed E-state index contributed by atoms with van der Waals surface area (Å²) in [6.07, 6.45) is 1.82. The van der Waals surface area contributed by atoms with Crippen LogP contribution >= 0.6 is 0 Å². The number of hydrogen-bond acceptors (Lipinski definition) is 3. The van der Waals surface area contributed by atoms with Gasteiger partial charge in [-0.3, -0.25) is 4.98 Å². The molecule has 0 saturated carbocycles. The minimum absolute atomic E-state index is 0.660. The Balaban J connectivity index is 2.18. The van der Waals surface area contributed by atoms with E-state index in [1.54, 1.807) is 0 Å². The monoisotopic (exact) mass is 264 g/mol. The van der Waals surface area contributed by atoms with E-state index in [4.69, 9.17) is 10.5 Å². The fourth-order valence-corrected chi connectivity index (χ4v) is 2.34. The molecule has 0 spiro atoms. The van der Waals surface area contributed by atoms with Gasteiger partial charge in [0.2, 0.25) is 0 Å².